The van der Waals surface area contributed by atoms with Gasteiger partial charge in [-0.15, -0.1) is 11.3 Å². The van der Waals surface area contributed by atoms with Crippen molar-refractivity contribution in [2.24, 2.45) is 10.7 Å². The van der Waals surface area contributed by atoms with Crippen molar-refractivity contribution < 1.29 is 9.47 Å². The fourth-order valence-corrected chi connectivity index (χ4v) is 4.03. The number of nitrogens with one attached hydrogen (secondary N) is 1. The Hall–Kier alpha value is -2.28. The van der Waals surface area contributed by atoms with Crippen LogP contribution in [0.5, 0.6) is 11.5 Å². The number of aryl methyl sites for hydroxylation is 2. The molecule has 0 unspecified atom stereocenters. The van der Waals surface area contributed by atoms with Crippen LogP contribution in [0.15, 0.2) is 23.2 Å². The summed E-state index contributed by atoms with van der Waals surface area (Å²) in [7, 11) is 3.21. The first kappa shape index (κ1) is 17.5. The van der Waals surface area contributed by atoms with Gasteiger partial charge in [0.25, 0.3) is 0 Å². The van der Waals surface area contributed by atoms with Gasteiger partial charge in [-0.1, -0.05) is 0 Å². The second kappa shape index (κ2) is 8.20. The number of hydrogen-bond donors (Lipinski definition) is 2. The number of fused-ring (bicyclic) bond motifs is 1. The number of benzene rings is 1. The summed E-state index contributed by atoms with van der Waals surface area (Å²) in [5.74, 6) is 1.71. The van der Waals surface area contributed by atoms with Gasteiger partial charge in [0.1, 0.15) is 0 Å². The number of methoxy groups -OCH3 is 2. The molecule has 1 aromatic heterocycles. The Morgan fingerprint density at radius 2 is 2.04 bits per heavy atom. The molecule has 0 radical (unpaired) electrons. The van der Waals surface area contributed by atoms with Crippen LogP contribution in [0.25, 0.3) is 0 Å². The highest BCUT2D eigenvalue weighted by Crippen LogP contribution is 2.29. The van der Waals surface area contributed by atoms with Crippen LogP contribution in [0, 0.1) is 0 Å². The maximum Gasteiger partial charge on any atom is 0.193 e. The molecule has 0 bridgehead atoms. The normalized spacial score (nSPS) is 14.1. The molecule has 0 fully saturated rings. The van der Waals surface area contributed by atoms with Gasteiger partial charge in [-0.2, -0.15) is 0 Å². The van der Waals surface area contributed by atoms with E-state index in [-0.39, 0.29) is 0 Å². The molecule has 1 aliphatic carbocycles. The largest absolute Gasteiger partial charge is 0.493 e. The Bertz CT molecular complexity index is 734. The molecule has 7 heteroatoms. The van der Waals surface area contributed by atoms with E-state index in [4.69, 9.17) is 20.2 Å². The maximum atomic E-state index is 5.98. The number of hydrogen-bond acceptors (Lipinski definition) is 5. The molecule has 1 aromatic carbocycles. The minimum atomic E-state index is 0.383. The van der Waals surface area contributed by atoms with Gasteiger partial charge in [-0.25, -0.2) is 4.98 Å². The third-order valence-electron chi connectivity index (χ3n) is 4.15. The van der Waals surface area contributed by atoms with Crippen molar-refractivity contribution in [3.05, 3.63) is 33.8 Å². The molecule has 3 rings (SSSR count). The lowest BCUT2D eigenvalue weighted by molar-refractivity contribution is 0.355. The number of thiazole rings is 1. The standard InChI is InChI=1S/C18H24N4O2S/c1-23-14-8-7-12(11-15(14)24-2)21-18(19)20-10-9-17-22-13-5-3-4-6-16(13)25-17/h7-8,11H,3-6,9-10H2,1-2H3,(H3,19,20,21). The van der Waals surface area contributed by atoms with Crippen molar-refractivity contribution >= 4 is 23.0 Å². The molecule has 0 aliphatic heterocycles. The van der Waals surface area contributed by atoms with Gasteiger partial charge in [-0.05, 0) is 37.8 Å². The van der Waals surface area contributed by atoms with Gasteiger partial charge in [0.2, 0.25) is 0 Å². The van der Waals surface area contributed by atoms with E-state index in [2.05, 4.69) is 10.3 Å². The first-order valence-corrected chi connectivity index (χ1v) is 9.27. The predicted octanol–water partition coefficient (Wildman–Crippen LogP) is 3.01. The van der Waals surface area contributed by atoms with Gasteiger partial charge >= 0.3 is 0 Å². The molecule has 0 saturated heterocycles. The van der Waals surface area contributed by atoms with Crippen LogP contribution in [0.3, 0.4) is 0 Å². The molecule has 0 spiro atoms. The van der Waals surface area contributed by atoms with Gasteiger partial charge in [-0.3, -0.25) is 4.99 Å². The molecular weight excluding hydrogens is 336 g/mol. The fourth-order valence-electron chi connectivity index (χ4n) is 2.89. The van der Waals surface area contributed by atoms with E-state index >= 15 is 0 Å². The Kier molecular flexibility index (Phi) is 5.75. The zero-order chi connectivity index (χ0) is 17.6. The first-order chi connectivity index (χ1) is 12.2. The Morgan fingerprint density at radius 1 is 1.24 bits per heavy atom. The molecule has 2 aromatic rings. The van der Waals surface area contributed by atoms with Crippen LogP contribution in [0.2, 0.25) is 0 Å². The number of guanidine groups is 1. The van der Waals surface area contributed by atoms with Gasteiger partial charge in [0, 0.05) is 29.6 Å². The Labute approximate surface area is 152 Å². The Morgan fingerprint density at radius 3 is 2.80 bits per heavy atom. The number of aromatic nitrogens is 1. The average molecular weight is 360 g/mol. The number of rotatable bonds is 6. The molecule has 0 atom stereocenters. The summed E-state index contributed by atoms with van der Waals surface area (Å²) in [6, 6.07) is 5.53. The van der Waals surface area contributed by atoms with Crippen LogP contribution >= 0.6 is 11.3 Å². The van der Waals surface area contributed by atoms with E-state index in [1.54, 1.807) is 14.2 Å². The molecule has 0 saturated carbocycles. The van der Waals surface area contributed by atoms with E-state index in [1.807, 2.05) is 29.5 Å². The third-order valence-corrected chi connectivity index (χ3v) is 5.37. The minimum absolute atomic E-state index is 0.383. The van der Waals surface area contributed by atoms with Crippen molar-refractivity contribution in [3.63, 3.8) is 0 Å². The molecule has 0 amide bonds. The summed E-state index contributed by atoms with van der Waals surface area (Å²) >= 11 is 1.83. The highest BCUT2D eigenvalue weighted by molar-refractivity contribution is 7.11. The average Bonchev–Trinajstić information content (AvgIpc) is 3.04. The summed E-state index contributed by atoms with van der Waals surface area (Å²) in [6.45, 7) is 0.624. The van der Waals surface area contributed by atoms with Crippen molar-refractivity contribution in [2.75, 3.05) is 26.1 Å². The van der Waals surface area contributed by atoms with E-state index in [0.29, 0.717) is 24.0 Å². The van der Waals surface area contributed by atoms with Crippen LogP contribution in [-0.4, -0.2) is 31.7 Å². The monoisotopic (exact) mass is 360 g/mol. The number of nitrogens with two attached hydrogens (primary N) is 1. The zero-order valence-electron chi connectivity index (χ0n) is 14.7. The summed E-state index contributed by atoms with van der Waals surface area (Å²) in [5.41, 5.74) is 8.09. The smallest absolute Gasteiger partial charge is 0.193 e. The quantitative estimate of drug-likeness (QED) is 0.611. The predicted molar refractivity (Wildman–Crippen MR) is 102 cm³/mol. The second-order valence-electron chi connectivity index (χ2n) is 5.90. The van der Waals surface area contributed by atoms with Crippen LogP contribution in [-0.2, 0) is 19.3 Å². The summed E-state index contributed by atoms with van der Waals surface area (Å²) in [6.07, 6.45) is 5.68. The highest BCUT2D eigenvalue weighted by atomic mass is 32.1. The topological polar surface area (TPSA) is 81.8 Å². The van der Waals surface area contributed by atoms with Crippen molar-refractivity contribution in [1.82, 2.24) is 4.98 Å². The minimum Gasteiger partial charge on any atom is -0.493 e. The van der Waals surface area contributed by atoms with Crippen LogP contribution < -0.4 is 20.5 Å². The highest BCUT2D eigenvalue weighted by Gasteiger charge is 2.14. The molecule has 25 heavy (non-hydrogen) atoms. The molecule has 3 N–H and O–H groups in total. The number of aliphatic imine (C=N–C) groups is 1. The molecule has 1 heterocycles. The lowest BCUT2D eigenvalue weighted by Gasteiger charge is -2.10. The van der Waals surface area contributed by atoms with Gasteiger partial charge < -0.3 is 20.5 Å². The Balaban J connectivity index is 1.56. The second-order valence-corrected chi connectivity index (χ2v) is 7.06. The van der Waals surface area contributed by atoms with Crippen LogP contribution in [0.4, 0.5) is 5.69 Å². The maximum absolute atomic E-state index is 5.98. The van der Waals surface area contributed by atoms with Gasteiger partial charge in [0.05, 0.1) is 24.9 Å². The number of ether oxygens (including phenoxy) is 2. The summed E-state index contributed by atoms with van der Waals surface area (Å²) in [5, 5.41) is 4.24. The van der Waals surface area contributed by atoms with Crippen molar-refractivity contribution in [3.8, 4) is 11.5 Å². The first-order valence-electron chi connectivity index (χ1n) is 8.46. The lowest BCUT2D eigenvalue weighted by atomic mass is 10.0. The van der Waals surface area contributed by atoms with E-state index in [1.165, 1.54) is 29.8 Å². The fraction of sp³-hybridized carbons (Fsp3) is 0.444. The molecule has 6 nitrogen and oxygen atoms in total. The number of anilines is 1. The molecule has 134 valence electrons. The van der Waals surface area contributed by atoms with Gasteiger partial charge in [0.15, 0.2) is 17.5 Å². The zero-order valence-corrected chi connectivity index (χ0v) is 15.5. The van der Waals surface area contributed by atoms with E-state index in [0.717, 1.165) is 23.5 Å². The lowest BCUT2D eigenvalue weighted by Crippen LogP contribution is -2.23. The summed E-state index contributed by atoms with van der Waals surface area (Å²) in [4.78, 5) is 10.6. The summed E-state index contributed by atoms with van der Waals surface area (Å²) < 4.78 is 10.5. The van der Waals surface area contributed by atoms with E-state index < -0.39 is 0 Å². The van der Waals surface area contributed by atoms with Crippen molar-refractivity contribution in [2.45, 2.75) is 32.1 Å². The van der Waals surface area contributed by atoms with Crippen molar-refractivity contribution in [1.29, 1.82) is 0 Å². The SMILES string of the molecule is COc1ccc(NC(N)=NCCc2nc3c(s2)CCCC3)cc1OC. The van der Waals surface area contributed by atoms with E-state index in [9.17, 15) is 0 Å². The molecule has 1 aliphatic rings. The van der Waals surface area contributed by atoms with Crippen LogP contribution in [0.1, 0.15) is 28.4 Å². The third kappa shape index (κ3) is 4.42. The number of nitrogens with zero attached hydrogens (tertiary/aromatic N) is 2. The molecular formula is C18H24N4O2S.